The van der Waals surface area contributed by atoms with Gasteiger partial charge in [-0.25, -0.2) is 13.1 Å². The molecule has 29 heavy (non-hydrogen) atoms. The second kappa shape index (κ2) is 8.40. The molecule has 2 aromatic carbocycles. The van der Waals surface area contributed by atoms with Gasteiger partial charge in [0.1, 0.15) is 0 Å². The largest absolute Gasteiger partial charge is 0.296 e. The van der Waals surface area contributed by atoms with Crippen LogP contribution >= 0.6 is 11.3 Å². The number of amides is 1. The quantitative estimate of drug-likeness (QED) is 0.560. The lowest BCUT2D eigenvalue weighted by Crippen LogP contribution is -2.44. The van der Waals surface area contributed by atoms with Gasteiger partial charge in [-0.05, 0) is 44.4 Å². The first kappa shape index (κ1) is 21.1. The van der Waals surface area contributed by atoms with E-state index in [1.54, 1.807) is 26.0 Å². The summed E-state index contributed by atoms with van der Waals surface area (Å²) in [5.74, 6) is -0.361. The van der Waals surface area contributed by atoms with Crippen molar-refractivity contribution in [1.29, 1.82) is 0 Å². The van der Waals surface area contributed by atoms with Gasteiger partial charge in [0.25, 0.3) is 15.9 Å². The fraction of sp³-hybridized carbons (Fsp3) is 0.250. The molecule has 0 spiro atoms. The Balaban J connectivity index is 1.71. The molecule has 0 saturated carbocycles. The molecule has 0 radical (unpaired) electrons. The number of rotatable bonds is 7. The van der Waals surface area contributed by atoms with Crippen LogP contribution in [-0.2, 0) is 16.4 Å². The standard InChI is InChI=1S/C20H22N4O3S2/c1-14-9-7-8-12-16(14)17(25)21-18-22-23-19(28-18)29(26,27)24-20(2,3)13-15-10-5-4-6-11-15/h4-12,24H,13H2,1-3H3,(H,21,22,25). The van der Waals surface area contributed by atoms with E-state index in [9.17, 15) is 13.2 Å². The van der Waals surface area contributed by atoms with Crippen LogP contribution in [0.25, 0.3) is 0 Å². The first-order valence-corrected chi connectivity index (χ1v) is 11.2. The number of aromatic nitrogens is 2. The topological polar surface area (TPSA) is 101 Å². The molecule has 3 rings (SSSR count). The minimum atomic E-state index is -3.88. The van der Waals surface area contributed by atoms with Crippen molar-refractivity contribution in [3.63, 3.8) is 0 Å². The maximum atomic E-state index is 12.7. The molecule has 7 nitrogen and oxygen atoms in total. The molecule has 0 saturated heterocycles. The summed E-state index contributed by atoms with van der Waals surface area (Å²) in [4.78, 5) is 12.4. The molecule has 152 valence electrons. The van der Waals surface area contributed by atoms with E-state index < -0.39 is 15.6 Å². The lowest BCUT2D eigenvalue weighted by atomic mass is 9.96. The van der Waals surface area contributed by atoms with Gasteiger partial charge >= 0.3 is 0 Å². The number of sulfonamides is 1. The van der Waals surface area contributed by atoms with Crippen LogP contribution in [0.1, 0.15) is 35.3 Å². The van der Waals surface area contributed by atoms with Crippen molar-refractivity contribution < 1.29 is 13.2 Å². The zero-order valence-electron chi connectivity index (χ0n) is 16.3. The lowest BCUT2D eigenvalue weighted by Gasteiger charge is -2.25. The highest BCUT2D eigenvalue weighted by molar-refractivity contribution is 7.91. The third kappa shape index (κ3) is 5.47. The van der Waals surface area contributed by atoms with Gasteiger partial charge in [-0.1, -0.05) is 59.9 Å². The number of anilines is 1. The molecule has 0 aliphatic heterocycles. The van der Waals surface area contributed by atoms with E-state index in [-0.39, 0.29) is 15.4 Å². The minimum absolute atomic E-state index is 0.125. The Morgan fingerprint density at radius 3 is 2.38 bits per heavy atom. The number of hydrogen-bond acceptors (Lipinski definition) is 6. The highest BCUT2D eigenvalue weighted by atomic mass is 32.2. The van der Waals surface area contributed by atoms with E-state index in [2.05, 4.69) is 20.2 Å². The Bertz CT molecular complexity index is 1110. The number of carbonyl (C=O) groups excluding carboxylic acids is 1. The zero-order valence-corrected chi connectivity index (χ0v) is 18.0. The van der Waals surface area contributed by atoms with Crippen molar-refractivity contribution in [2.45, 2.75) is 37.1 Å². The Morgan fingerprint density at radius 1 is 1.03 bits per heavy atom. The van der Waals surface area contributed by atoms with Crippen molar-refractivity contribution >= 4 is 32.4 Å². The molecule has 0 bridgehead atoms. The predicted molar refractivity (Wildman–Crippen MR) is 114 cm³/mol. The normalized spacial score (nSPS) is 12.0. The van der Waals surface area contributed by atoms with E-state index in [0.29, 0.717) is 12.0 Å². The van der Waals surface area contributed by atoms with Crippen molar-refractivity contribution in [3.8, 4) is 0 Å². The summed E-state index contributed by atoms with van der Waals surface area (Å²) in [5, 5.41) is 10.3. The highest BCUT2D eigenvalue weighted by Gasteiger charge is 2.29. The fourth-order valence-corrected chi connectivity index (χ4v) is 5.22. The van der Waals surface area contributed by atoms with Crippen LogP contribution in [0.4, 0.5) is 5.13 Å². The Kier molecular flexibility index (Phi) is 6.11. The zero-order chi connectivity index (χ0) is 21.1. The molecule has 0 unspecified atom stereocenters. The summed E-state index contributed by atoms with van der Waals surface area (Å²) in [6.45, 7) is 5.43. The van der Waals surface area contributed by atoms with Crippen molar-refractivity contribution in [3.05, 3.63) is 71.3 Å². The van der Waals surface area contributed by atoms with Crippen molar-refractivity contribution in [2.24, 2.45) is 0 Å². The third-order valence-corrected chi connectivity index (χ3v) is 7.05. The molecule has 0 aliphatic carbocycles. The molecular formula is C20H22N4O3S2. The van der Waals surface area contributed by atoms with Gasteiger partial charge in [-0.15, -0.1) is 10.2 Å². The van der Waals surface area contributed by atoms with Gasteiger partial charge in [0.05, 0.1) is 0 Å². The number of hydrogen-bond donors (Lipinski definition) is 2. The summed E-state index contributed by atoms with van der Waals surface area (Å²) in [5.41, 5.74) is 1.60. The van der Waals surface area contributed by atoms with Crippen molar-refractivity contribution in [2.75, 3.05) is 5.32 Å². The maximum absolute atomic E-state index is 12.7. The summed E-state index contributed by atoms with van der Waals surface area (Å²) < 4.78 is 28.0. The van der Waals surface area contributed by atoms with Crippen LogP contribution in [0.3, 0.4) is 0 Å². The van der Waals surface area contributed by atoms with Crippen LogP contribution in [0.5, 0.6) is 0 Å². The first-order chi connectivity index (χ1) is 13.7. The molecule has 1 amide bonds. The SMILES string of the molecule is Cc1ccccc1C(=O)Nc1nnc(S(=O)(=O)NC(C)(C)Cc2ccccc2)s1. The van der Waals surface area contributed by atoms with Crippen LogP contribution in [-0.4, -0.2) is 30.1 Å². The van der Waals surface area contributed by atoms with Crippen LogP contribution < -0.4 is 10.0 Å². The maximum Gasteiger partial charge on any atom is 0.270 e. The van der Waals surface area contributed by atoms with Gasteiger partial charge in [0.15, 0.2) is 0 Å². The minimum Gasteiger partial charge on any atom is -0.296 e. The molecular weight excluding hydrogens is 408 g/mol. The molecule has 3 aromatic rings. The van der Waals surface area contributed by atoms with E-state index in [0.717, 1.165) is 22.5 Å². The Labute approximate surface area is 174 Å². The van der Waals surface area contributed by atoms with Crippen molar-refractivity contribution in [1.82, 2.24) is 14.9 Å². The number of nitrogens with zero attached hydrogens (tertiary/aromatic N) is 2. The summed E-state index contributed by atoms with van der Waals surface area (Å²) in [6.07, 6.45) is 0.517. The number of aryl methyl sites for hydroxylation is 1. The molecule has 0 aliphatic rings. The van der Waals surface area contributed by atoms with E-state index in [1.165, 1.54) is 0 Å². The van der Waals surface area contributed by atoms with Gasteiger partial charge in [0.2, 0.25) is 9.47 Å². The second-order valence-electron chi connectivity index (χ2n) is 7.29. The van der Waals surface area contributed by atoms with Crippen LogP contribution in [0.2, 0.25) is 0 Å². The lowest BCUT2D eigenvalue weighted by molar-refractivity contribution is 0.102. The highest BCUT2D eigenvalue weighted by Crippen LogP contribution is 2.23. The average molecular weight is 431 g/mol. The van der Waals surface area contributed by atoms with E-state index in [4.69, 9.17) is 0 Å². The van der Waals surface area contributed by atoms with E-state index in [1.807, 2.05) is 49.4 Å². The average Bonchev–Trinajstić information content (AvgIpc) is 3.11. The number of nitrogens with one attached hydrogen (secondary N) is 2. The summed E-state index contributed by atoms with van der Waals surface area (Å²) >= 11 is 0.811. The number of carbonyl (C=O) groups is 1. The monoisotopic (exact) mass is 430 g/mol. The number of benzene rings is 2. The van der Waals surface area contributed by atoms with Gasteiger partial charge < -0.3 is 0 Å². The first-order valence-electron chi connectivity index (χ1n) is 8.95. The predicted octanol–water partition coefficient (Wildman–Crippen LogP) is 3.40. The van der Waals surface area contributed by atoms with Crippen LogP contribution in [0, 0.1) is 6.92 Å². The van der Waals surface area contributed by atoms with E-state index >= 15 is 0 Å². The fourth-order valence-electron chi connectivity index (χ4n) is 2.91. The molecule has 9 heteroatoms. The summed E-state index contributed by atoms with van der Waals surface area (Å²) in [6, 6.07) is 16.7. The molecule has 0 atom stereocenters. The molecule has 1 aromatic heterocycles. The Morgan fingerprint density at radius 2 is 1.69 bits per heavy atom. The smallest absolute Gasteiger partial charge is 0.270 e. The molecule has 0 fully saturated rings. The Hall–Kier alpha value is -2.62. The molecule has 1 heterocycles. The van der Waals surface area contributed by atoms with Gasteiger partial charge in [-0.2, -0.15) is 0 Å². The molecule has 2 N–H and O–H groups in total. The third-order valence-electron chi connectivity index (χ3n) is 4.15. The second-order valence-corrected chi connectivity index (χ2v) is 10.1. The van der Waals surface area contributed by atoms with Crippen LogP contribution in [0.15, 0.2) is 58.9 Å². The summed E-state index contributed by atoms with van der Waals surface area (Å²) in [7, 11) is -3.88. The van der Waals surface area contributed by atoms with Gasteiger partial charge in [-0.3, -0.25) is 10.1 Å². The van der Waals surface area contributed by atoms with Gasteiger partial charge in [0, 0.05) is 11.1 Å².